The normalized spacial score (nSPS) is 20.9. The van der Waals surface area contributed by atoms with Gasteiger partial charge in [0.1, 0.15) is 0 Å². The van der Waals surface area contributed by atoms with Crippen LogP contribution in [0.2, 0.25) is 5.02 Å². The van der Waals surface area contributed by atoms with Gasteiger partial charge in [0, 0.05) is 56.4 Å². The van der Waals surface area contributed by atoms with E-state index >= 15 is 0 Å². The summed E-state index contributed by atoms with van der Waals surface area (Å²) in [5.41, 5.74) is 0.733. The topological polar surface area (TPSA) is 73.0 Å². The number of carbonyl (C=O) groups is 3. The number of nitrogens with zero attached hydrogens (tertiary/aromatic N) is 3. The van der Waals surface area contributed by atoms with Crippen molar-refractivity contribution in [1.82, 2.24) is 15.1 Å². The largest absolute Gasteiger partial charge is 0.355 e. The Kier molecular flexibility index (Phi) is 6.91. The van der Waals surface area contributed by atoms with E-state index in [2.05, 4.69) is 10.2 Å². The molecule has 2 aliphatic rings. The molecule has 0 aliphatic carbocycles. The van der Waals surface area contributed by atoms with E-state index in [1.54, 1.807) is 23.1 Å². The summed E-state index contributed by atoms with van der Waals surface area (Å²) in [6.07, 6.45) is 1.05. The maximum atomic E-state index is 13.0. The lowest BCUT2D eigenvalue weighted by Crippen LogP contribution is -2.41. The highest BCUT2D eigenvalue weighted by Gasteiger charge is 2.37. The molecule has 7 nitrogen and oxygen atoms in total. The van der Waals surface area contributed by atoms with Gasteiger partial charge >= 0.3 is 0 Å². The van der Waals surface area contributed by atoms with Crippen LogP contribution in [0.3, 0.4) is 0 Å². The van der Waals surface area contributed by atoms with E-state index in [-0.39, 0.29) is 30.1 Å². The van der Waals surface area contributed by atoms with Crippen LogP contribution < -0.4 is 10.2 Å². The van der Waals surface area contributed by atoms with Crippen molar-refractivity contribution in [2.45, 2.75) is 19.8 Å². The van der Waals surface area contributed by atoms with Crippen molar-refractivity contribution in [2.24, 2.45) is 5.92 Å². The Bertz CT molecular complexity index is 742. The Morgan fingerprint density at radius 3 is 2.79 bits per heavy atom. The molecule has 0 radical (unpaired) electrons. The predicted octanol–water partition coefficient (Wildman–Crippen LogP) is 1.36. The van der Waals surface area contributed by atoms with Crippen LogP contribution in [0.15, 0.2) is 24.3 Å². The Balaban J connectivity index is 1.57. The van der Waals surface area contributed by atoms with Gasteiger partial charge in [0.05, 0.1) is 12.5 Å². The summed E-state index contributed by atoms with van der Waals surface area (Å²) in [6, 6.07) is 7.15. The average Bonchev–Trinajstić information content (AvgIpc) is 2.90. The quantitative estimate of drug-likeness (QED) is 0.801. The first-order valence-corrected chi connectivity index (χ1v) is 10.2. The molecule has 0 spiro atoms. The number of hydrogen-bond acceptors (Lipinski definition) is 4. The number of halogens is 1. The summed E-state index contributed by atoms with van der Waals surface area (Å²) in [7, 11) is 0. The molecule has 8 heteroatoms. The zero-order chi connectivity index (χ0) is 20.1. The van der Waals surface area contributed by atoms with Crippen LogP contribution in [0.1, 0.15) is 19.8 Å². The van der Waals surface area contributed by atoms with E-state index < -0.39 is 0 Å². The molecule has 28 heavy (non-hydrogen) atoms. The van der Waals surface area contributed by atoms with Gasteiger partial charge in [0.15, 0.2) is 0 Å². The Labute approximate surface area is 170 Å². The van der Waals surface area contributed by atoms with E-state index in [1.807, 2.05) is 17.9 Å². The second-order valence-electron chi connectivity index (χ2n) is 7.29. The third-order valence-corrected chi connectivity index (χ3v) is 5.47. The minimum Gasteiger partial charge on any atom is -0.355 e. The second kappa shape index (κ2) is 9.39. The van der Waals surface area contributed by atoms with Gasteiger partial charge in [-0.25, -0.2) is 0 Å². The minimum absolute atomic E-state index is 0.0147. The monoisotopic (exact) mass is 406 g/mol. The number of hydrogen-bond donors (Lipinski definition) is 1. The number of likely N-dealkylation sites (N-methyl/N-ethyl adjacent to an activating group) is 1. The third kappa shape index (κ3) is 5.02. The van der Waals surface area contributed by atoms with Gasteiger partial charge in [0.2, 0.25) is 17.7 Å². The number of amides is 3. The summed E-state index contributed by atoms with van der Waals surface area (Å²) in [5.74, 6) is -0.340. The summed E-state index contributed by atoms with van der Waals surface area (Å²) < 4.78 is 0. The highest BCUT2D eigenvalue weighted by atomic mass is 35.5. The molecule has 2 heterocycles. The Hall–Kier alpha value is -2.12. The van der Waals surface area contributed by atoms with Crippen LogP contribution in [-0.2, 0) is 14.4 Å². The van der Waals surface area contributed by atoms with Crippen molar-refractivity contribution in [2.75, 3.05) is 50.7 Å². The van der Waals surface area contributed by atoms with Gasteiger partial charge in [-0.15, -0.1) is 0 Å². The van der Waals surface area contributed by atoms with Crippen LogP contribution in [0, 0.1) is 5.92 Å². The molecule has 3 amide bonds. The highest BCUT2D eigenvalue weighted by molar-refractivity contribution is 6.31. The van der Waals surface area contributed by atoms with Crippen molar-refractivity contribution in [3.8, 4) is 0 Å². The minimum atomic E-state index is -0.332. The van der Waals surface area contributed by atoms with Crippen LogP contribution in [0.5, 0.6) is 0 Å². The summed E-state index contributed by atoms with van der Waals surface area (Å²) in [5, 5.41) is 3.38. The van der Waals surface area contributed by atoms with Crippen molar-refractivity contribution < 1.29 is 14.4 Å². The molecule has 2 aliphatic heterocycles. The second-order valence-corrected chi connectivity index (χ2v) is 7.73. The average molecular weight is 407 g/mol. The molecule has 1 aromatic rings. The van der Waals surface area contributed by atoms with Crippen LogP contribution in [0.4, 0.5) is 5.69 Å². The lowest BCUT2D eigenvalue weighted by atomic mass is 10.1. The van der Waals surface area contributed by atoms with Crippen LogP contribution in [0.25, 0.3) is 0 Å². The molecule has 2 saturated heterocycles. The van der Waals surface area contributed by atoms with Gasteiger partial charge in [-0.05, 0) is 31.5 Å². The molecule has 0 bridgehead atoms. The van der Waals surface area contributed by atoms with Gasteiger partial charge in [-0.1, -0.05) is 17.7 Å². The van der Waals surface area contributed by atoms with Crippen molar-refractivity contribution in [3.05, 3.63) is 29.3 Å². The predicted molar refractivity (Wildman–Crippen MR) is 108 cm³/mol. The first-order chi connectivity index (χ1) is 13.5. The van der Waals surface area contributed by atoms with E-state index in [1.165, 1.54) is 0 Å². The maximum Gasteiger partial charge on any atom is 0.234 e. The molecule has 0 saturated carbocycles. The molecule has 1 unspecified atom stereocenters. The van der Waals surface area contributed by atoms with Gasteiger partial charge < -0.3 is 15.1 Å². The van der Waals surface area contributed by atoms with E-state index in [0.717, 1.165) is 18.7 Å². The smallest absolute Gasteiger partial charge is 0.234 e. The fourth-order valence-corrected chi connectivity index (χ4v) is 4.01. The third-order valence-electron chi connectivity index (χ3n) is 5.24. The van der Waals surface area contributed by atoms with E-state index in [4.69, 9.17) is 11.6 Å². The van der Waals surface area contributed by atoms with Gasteiger partial charge in [-0.2, -0.15) is 0 Å². The molecular formula is C20H27ClN4O3. The standard InChI is InChI=1S/C20H27ClN4O3/c1-2-22-18(26)14-23-7-4-8-24(10-9-23)20(28)15-11-19(27)25(13-15)17-6-3-5-16(21)12-17/h3,5-6,12,15H,2,4,7-11,13-14H2,1H3,(H,22,26). The lowest BCUT2D eigenvalue weighted by Gasteiger charge is -2.24. The first kappa shape index (κ1) is 20.6. The zero-order valence-corrected chi connectivity index (χ0v) is 17.0. The zero-order valence-electron chi connectivity index (χ0n) is 16.2. The number of benzene rings is 1. The SMILES string of the molecule is CCNC(=O)CN1CCCN(C(=O)C2CC(=O)N(c3cccc(Cl)c3)C2)CC1. The Morgan fingerprint density at radius 1 is 1.21 bits per heavy atom. The molecule has 3 rings (SSSR count). The summed E-state index contributed by atoms with van der Waals surface area (Å²) in [4.78, 5) is 42.8. The van der Waals surface area contributed by atoms with Crippen molar-refractivity contribution in [3.63, 3.8) is 0 Å². The molecular weight excluding hydrogens is 380 g/mol. The van der Waals surface area contributed by atoms with Gasteiger partial charge in [-0.3, -0.25) is 19.3 Å². The van der Waals surface area contributed by atoms with Crippen molar-refractivity contribution in [1.29, 1.82) is 0 Å². The van der Waals surface area contributed by atoms with E-state index in [0.29, 0.717) is 44.3 Å². The fraction of sp³-hybridized carbons (Fsp3) is 0.550. The molecule has 0 aromatic heterocycles. The van der Waals surface area contributed by atoms with Crippen LogP contribution in [-0.4, -0.2) is 73.3 Å². The number of nitrogens with one attached hydrogen (secondary N) is 1. The Morgan fingerprint density at radius 2 is 2.04 bits per heavy atom. The maximum absolute atomic E-state index is 13.0. The molecule has 2 fully saturated rings. The molecule has 1 atom stereocenters. The summed E-state index contributed by atoms with van der Waals surface area (Å²) in [6.45, 7) is 5.97. The van der Waals surface area contributed by atoms with Gasteiger partial charge in [0.25, 0.3) is 0 Å². The van der Waals surface area contributed by atoms with Crippen molar-refractivity contribution >= 4 is 35.0 Å². The fourth-order valence-electron chi connectivity index (χ4n) is 3.83. The number of carbonyl (C=O) groups excluding carboxylic acids is 3. The summed E-state index contributed by atoms with van der Waals surface area (Å²) >= 11 is 6.03. The highest BCUT2D eigenvalue weighted by Crippen LogP contribution is 2.28. The number of rotatable bonds is 5. The number of anilines is 1. The molecule has 152 valence electrons. The van der Waals surface area contributed by atoms with E-state index in [9.17, 15) is 14.4 Å². The lowest BCUT2D eigenvalue weighted by molar-refractivity contribution is -0.135. The molecule has 1 aromatic carbocycles. The van der Waals surface area contributed by atoms with Crippen LogP contribution >= 0.6 is 11.6 Å². The molecule has 1 N–H and O–H groups in total. The first-order valence-electron chi connectivity index (χ1n) is 9.81.